The molecule has 45 heavy (non-hydrogen) atoms. The fourth-order valence-corrected chi connectivity index (χ4v) is 6.03. The fourth-order valence-electron chi connectivity index (χ4n) is 6.03. The van der Waals surface area contributed by atoms with Crippen molar-refractivity contribution in [2.24, 2.45) is 0 Å². The maximum absolute atomic E-state index is 12.2. The Kier molecular flexibility index (Phi) is 9.42. The predicted octanol–water partition coefficient (Wildman–Crippen LogP) is 5.57. The highest BCUT2D eigenvalue weighted by atomic mass is 16.5. The number of pyridine rings is 1. The van der Waals surface area contributed by atoms with Crippen LogP contribution in [0.15, 0.2) is 54.6 Å². The molecule has 6 rings (SSSR count). The molecule has 2 fully saturated rings. The first kappa shape index (κ1) is 30.7. The second-order valence-corrected chi connectivity index (χ2v) is 11.7. The van der Waals surface area contributed by atoms with Gasteiger partial charge in [0.1, 0.15) is 18.2 Å². The molecule has 0 aliphatic carbocycles. The Labute approximate surface area is 263 Å². The summed E-state index contributed by atoms with van der Waals surface area (Å²) >= 11 is 0. The number of esters is 1. The number of fused-ring (bicyclic) bond motifs is 1. The van der Waals surface area contributed by atoms with Gasteiger partial charge in [-0.25, -0.2) is 14.8 Å². The molecule has 0 radical (unpaired) electrons. The molecule has 0 saturated carbocycles. The first-order valence-corrected chi connectivity index (χ1v) is 15.7. The monoisotopic (exact) mass is 612 g/mol. The summed E-state index contributed by atoms with van der Waals surface area (Å²) in [7, 11) is 1.40. The van der Waals surface area contributed by atoms with Crippen LogP contribution in [0.1, 0.15) is 76.8 Å². The smallest absolute Gasteiger partial charge is 0.337 e. The molecular formula is C35H40N4O6. The van der Waals surface area contributed by atoms with Crippen LogP contribution in [0.3, 0.4) is 0 Å². The van der Waals surface area contributed by atoms with E-state index in [2.05, 4.69) is 15.5 Å². The summed E-state index contributed by atoms with van der Waals surface area (Å²) in [6, 6.07) is 17.0. The van der Waals surface area contributed by atoms with E-state index in [-0.39, 0.29) is 17.9 Å². The highest BCUT2D eigenvalue weighted by Crippen LogP contribution is 2.30. The zero-order valence-corrected chi connectivity index (χ0v) is 26.2. The molecule has 1 unspecified atom stereocenters. The lowest BCUT2D eigenvalue weighted by atomic mass is 9.93. The lowest BCUT2D eigenvalue weighted by Gasteiger charge is -2.32. The number of carbonyl (C=O) groups is 2. The third-order valence-electron chi connectivity index (χ3n) is 8.69. The summed E-state index contributed by atoms with van der Waals surface area (Å²) < 4.78 is 24.8. The van der Waals surface area contributed by atoms with Crippen LogP contribution in [0.4, 0.5) is 0 Å². The largest absolute Gasteiger partial charge is 0.493 e. The van der Waals surface area contributed by atoms with Crippen LogP contribution in [-0.4, -0.2) is 70.7 Å². The predicted molar refractivity (Wildman–Crippen MR) is 169 cm³/mol. The normalized spacial score (nSPS) is 17.2. The minimum atomic E-state index is -0.352. The van der Waals surface area contributed by atoms with Crippen molar-refractivity contribution in [1.82, 2.24) is 19.4 Å². The maximum Gasteiger partial charge on any atom is 0.337 e. The van der Waals surface area contributed by atoms with E-state index in [1.807, 2.05) is 37.3 Å². The quantitative estimate of drug-likeness (QED) is 0.150. The second kappa shape index (κ2) is 13.8. The topological polar surface area (TPSA) is 105 Å². The van der Waals surface area contributed by atoms with Crippen molar-refractivity contribution in [2.75, 3.05) is 33.4 Å². The Hall–Kier alpha value is -4.28. The van der Waals surface area contributed by atoms with Gasteiger partial charge in [-0.2, -0.15) is 0 Å². The lowest BCUT2D eigenvalue weighted by molar-refractivity contribution is -0.0592. The summed E-state index contributed by atoms with van der Waals surface area (Å²) in [5.74, 6) is 2.20. The van der Waals surface area contributed by atoms with Crippen molar-refractivity contribution in [3.63, 3.8) is 0 Å². The summed E-state index contributed by atoms with van der Waals surface area (Å²) in [4.78, 5) is 36.3. The minimum Gasteiger partial charge on any atom is -0.493 e. The van der Waals surface area contributed by atoms with Gasteiger partial charge in [0.05, 0.1) is 49.5 Å². The third kappa shape index (κ3) is 7.02. The van der Waals surface area contributed by atoms with E-state index in [9.17, 15) is 9.59 Å². The first-order chi connectivity index (χ1) is 21.9. The number of nitrogens with zero attached hydrogens (tertiary/aromatic N) is 4. The summed E-state index contributed by atoms with van der Waals surface area (Å²) in [5.41, 5.74) is 4.85. The number of rotatable bonds is 12. The average molecular weight is 613 g/mol. The van der Waals surface area contributed by atoms with Crippen molar-refractivity contribution < 1.29 is 28.5 Å². The molecule has 0 N–H and O–H groups in total. The molecule has 1 atom stereocenters. The Balaban J connectivity index is 1.10. The Morgan fingerprint density at radius 1 is 0.978 bits per heavy atom. The van der Waals surface area contributed by atoms with Gasteiger partial charge in [0, 0.05) is 35.4 Å². The molecule has 2 aliphatic rings. The molecule has 4 aromatic rings. The van der Waals surface area contributed by atoms with Gasteiger partial charge in [0.2, 0.25) is 5.88 Å². The Morgan fingerprint density at radius 3 is 2.49 bits per heavy atom. The molecule has 10 heteroatoms. The number of hydrogen-bond acceptors (Lipinski definition) is 9. The Bertz CT molecular complexity index is 1670. The van der Waals surface area contributed by atoms with Crippen molar-refractivity contribution in [3.8, 4) is 11.6 Å². The van der Waals surface area contributed by atoms with Gasteiger partial charge < -0.3 is 23.5 Å². The lowest BCUT2D eigenvalue weighted by Crippen LogP contribution is -2.35. The van der Waals surface area contributed by atoms with Gasteiger partial charge in [-0.1, -0.05) is 18.2 Å². The minimum absolute atomic E-state index is 0.0000167. The Morgan fingerprint density at radius 2 is 1.78 bits per heavy atom. The number of ketones is 1. The molecule has 4 heterocycles. The molecule has 10 nitrogen and oxygen atoms in total. The highest BCUT2D eigenvalue weighted by Gasteiger charge is 2.26. The fraction of sp³-hybridized carbons (Fsp3) is 0.429. The second-order valence-electron chi connectivity index (χ2n) is 11.7. The highest BCUT2D eigenvalue weighted by molar-refractivity contribution is 5.94. The van der Waals surface area contributed by atoms with E-state index in [0.717, 1.165) is 80.2 Å². The molecule has 2 aromatic carbocycles. The molecular weight excluding hydrogens is 572 g/mol. The standard InChI is InChI=1S/C35H40N4O6/c1-4-43-32-19-25(23(2)40)8-9-27(32)22-45-34-7-5-6-29(37-34)24-12-15-38(16-13-24)21-33-36-30-11-10-26(35(41)42-3)18-31(30)39(33)20-28-14-17-44-28/h5-11,18-19,24,28H,4,12-17,20-22H2,1-3H3. The number of Topliss-reactive ketones (excluding diaryl/α,β-unsaturated/α-hetero) is 1. The summed E-state index contributed by atoms with van der Waals surface area (Å²) in [6.45, 7) is 8.36. The SMILES string of the molecule is CCOc1cc(C(C)=O)ccc1COc1cccc(C2CCN(Cc3nc4ccc(C(=O)OC)cc4n3CC3CCO3)CC2)n1. The van der Waals surface area contributed by atoms with E-state index >= 15 is 0 Å². The van der Waals surface area contributed by atoms with Gasteiger partial charge in [-0.15, -0.1) is 0 Å². The molecule has 0 spiro atoms. The first-order valence-electron chi connectivity index (χ1n) is 15.7. The number of imidazole rings is 1. The van der Waals surface area contributed by atoms with Crippen LogP contribution in [0.2, 0.25) is 0 Å². The molecule has 2 aliphatic heterocycles. The van der Waals surface area contributed by atoms with Crippen LogP contribution in [-0.2, 0) is 29.2 Å². The molecule has 0 bridgehead atoms. The van der Waals surface area contributed by atoms with E-state index in [4.69, 9.17) is 28.9 Å². The van der Waals surface area contributed by atoms with Crippen LogP contribution >= 0.6 is 0 Å². The van der Waals surface area contributed by atoms with E-state index in [1.54, 1.807) is 25.1 Å². The van der Waals surface area contributed by atoms with E-state index < -0.39 is 0 Å². The molecule has 236 valence electrons. The van der Waals surface area contributed by atoms with Crippen LogP contribution in [0, 0.1) is 0 Å². The zero-order chi connectivity index (χ0) is 31.3. The number of likely N-dealkylation sites (tertiary alicyclic amines) is 1. The zero-order valence-electron chi connectivity index (χ0n) is 26.2. The number of hydrogen-bond donors (Lipinski definition) is 0. The van der Waals surface area contributed by atoms with E-state index in [1.165, 1.54) is 7.11 Å². The summed E-state index contributed by atoms with van der Waals surface area (Å²) in [5, 5.41) is 0. The number of benzene rings is 2. The summed E-state index contributed by atoms with van der Waals surface area (Å²) in [6.07, 6.45) is 3.16. The van der Waals surface area contributed by atoms with Gasteiger partial charge in [-0.3, -0.25) is 9.69 Å². The maximum atomic E-state index is 12.2. The molecule has 0 amide bonds. The van der Waals surface area contributed by atoms with Gasteiger partial charge in [0.25, 0.3) is 0 Å². The number of aromatic nitrogens is 3. The van der Waals surface area contributed by atoms with Crippen molar-refractivity contribution in [2.45, 2.75) is 64.8 Å². The van der Waals surface area contributed by atoms with Gasteiger partial charge >= 0.3 is 5.97 Å². The average Bonchev–Trinajstić information content (AvgIpc) is 3.37. The number of ether oxygens (including phenoxy) is 4. The van der Waals surface area contributed by atoms with E-state index in [0.29, 0.717) is 41.9 Å². The van der Waals surface area contributed by atoms with Crippen molar-refractivity contribution >= 4 is 22.8 Å². The van der Waals surface area contributed by atoms with Crippen LogP contribution in [0.5, 0.6) is 11.6 Å². The van der Waals surface area contributed by atoms with Crippen LogP contribution < -0.4 is 9.47 Å². The number of piperidine rings is 1. The van der Waals surface area contributed by atoms with Gasteiger partial charge in [0.15, 0.2) is 5.78 Å². The number of carbonyl (C=O) groups excluding carboxylic acids is 2. The van der Waals surface area contributed by atoms with Crippen molar-refractivity contribution in [1.29, 1.82) is 0 Å². The van der Waals surface area contributed by atoms with Crippen LogP contribution in [0.25, 0.3) is 11.0 Å². The van der Waals surface area contributed by atoms with Gasteiger partial charge in [-0.05, 0) is 76.5 Å². The molecule has 2 aromatic heterocycles. The third-order valence-corrected chi connectivity index (χ3v) is 8.69. The van der Waals surface area contributed by atoms with Crippen molar-refractivity contribution in [3.05, 3.63) is 82.8 Å². The molecule has 2 saturated heterocycles. The number of methoxy groups -OCH3 is 1.